The Bertz CT molecular complexity index is 532. The molecule has 0 aromatic heterocycles. The van der Waals surface area contributed by atoms with Crippen molar-refractivity contribution < 1.29 is 12.8 Å². The Morgan fingerprint density at radius 3 is 2.56 bits per heavy atom. The molecule has 0 radical (unpaired) electrons. The second-order valence-corrected chi connectivity index (χ2v) is 5.83. The molecule has 0 amide bonds. The Hall–Kier alpha value is -1.40. The summed E-state index contributed by atoms with van der Waals surface area (Å²) in [5, 5.41) is 0. The summed E-state index contributed by atoms with van der Waals surface area (Å²) in [6, 6.07) is 2.43. The lowest BCUT2D eigenvalue weighted by Crippen LogP contribution is -2.31. The zero-order chi connectivity index (χ0) is 13.9. The zero-order valence-corrected chi connectivity index (χ0v) is 11.3. The molecular weight excluding hydrogens is 255 g/mol. The Kier molecular flexibility index (Phi) is 4.48. The molecule has 0 spiro atoms. The molecule has 6 heteroatoms. The molecule has 0 aliphatic rings. The van der Waals surface area contributed by atoms with Crippen LogP contribution in [0.5, 0.6) is 0 Å². The number of halogens is 1. The molecule has 0 saturated heterocycles. The van der Waals surface area contributed by atoms with Crippen LogP contribution in [0.25, 0.3) is 0 Å². The minimum absolute atomic E-state index is 0.00241. The van der Waals surface area contributed by atoms with E-state index in [1.165, 1.54) is 23.4 Å². The quantitative estimate of drug-likeness (QED) is 0.658. The first-order chi connectivity index (χ1) is 8.34. The third kappa shape index (κ3) is 2.70. The molecule has 2 N–H and O–H groups in total. The summed E-state index contributed by atoms with van der Waals surface area (Å²) in [7, 11) is -3.66. The van der Waals surface area contributed by atoms with E-state index in [9.17, 15) is 12.8 Å². The van der Waals surface area contributed by atoms with Crippen molar-refractivity contribution in [3.63, 3.8) is 0 Å². The van der Waals surface area contributed by atoms with Gasteiger partial charge in [-0.15, -0.1) is 6.58 Å². The van der Waals surface area contributed by atoms with Crippen molar-refractivity contribution in [1.82, 2.24) is 4.31 Å². The lowest BCUT2D eigenvalue weighted by atomic mass is 10.2. The number of hydrogen-bond donors (Lipinski definition) is 1. The average molecular weight is 272 g/mol. The molecule has 0 saturated carbocycles. The molecule has 4 nitrogen and oxygen atoms in total. The van der Waals surface area contributed by atoms with E-state index in [2.05, 4.69) is 6.58 Å². The number of nitrogens with zero attached hydrogens (tertiary/aromatic N) is 1. The van der Waals surface area contributed by atoms with Crippen molar-refractivity contribution in [2.24, 2.45) is 0 Å². The number of benzene rings is 1. The third-order valence-electron chi connectivity index (χ3n) is 2.58. The van der Waals surface area contributed by atoms with Gasteiger partial charge in [0.05, 0.1) is 10.6 Å². The number of nitrogens with two attached hydrogens (primary N) is 1. The van der Waals surface area contributed by atoms with E-state index in [4.69, 9.17) is 5.73 Å². The smallest absolute Gasteiger partial charge is 0.243 e. The Morgan fingerprint density at radius 2 is 2.11 bits per heavy atom. The number of likely N-dealkylation sites (N-methyl/N-ethyl adjacent to an activating group) is 1. The van der Waals surface area contributed by atoms with Crippen LogP contribution in [0.15, 0.2) is 29.7 Å². The van der Waals surface area contributed by atoms with E-state index in [-0.39, 0.29) is 22.7 Å². The standard InChI is InChI=1S/C12H17FN2O2S/c1-4-6-15(5-2)18(16,17)10-7-9(3)12(13)11(14)8-10/h4,7-8H,1,5-6,14H2,2-3H3. The van der Waals surface area contributed by atoms with Crippen LogP contribution in [0.3, 0.4) is 0 Å². The SMILES string of the molecule is C=CCN(CC)S(=O)(=O)c1cc(C)c(F)c(N)c1. The predicted molar refractivity (Wildman–Crippen MR) is 70.2 cm³/mol. The van der Waals surface area contributed by atoms with Crippen LogP contribution in [0, 0.1) is 12.7 Å². The van der Waals surface area contributed by atoms with E-state index in [1.54, 1.807) is 6.92 Å². The minimum Gasteiger partial charge on any atom is -0.396 e. The van der Waals surface area contributed by atoms with Gasteiger partial charge in [0.25, 0.3) is 0 Å². The number of aryl methyl sites for hydroxylation is 1. The van der Waals surface area contributed by atoms with Crippen LogP contribution in [0.1, 0.15) is 12.5 Å². The summed E-state index contributed by atoms with van der Waals surface area (Å²) in [6.07, 6.45) is 1.50. The maximum absolute atomic E-state index is 13.4. The molecule has 1 aromatic rings. The van der Waals surface area contributed by atoms with E-state index in [1.807, 2.05) is 0 Å². The monoisotopic (exact) mass is 272 g/mol. The number of nitrogen functional groups attached to an aromatic ring is 1. The Labute approximate surface area is 107 Å². The van der Waals surface area contributed by atoms with Gasteiger partial charge in [-0.1, -0.05) is 13.0 Å². The van der Waals surface area contributed by atoms with Crippen LogP contribution in [-0.4, -0.2) is 25.8 Å². The first-order valence-electron chi connectivity index (χ1n) is 5.51. The van der Waals surface area contributed by atoms with Gasteiger partial charge in [-0.25, -0.2) is 12.8 Å². The number of anilines is 1. The normalized spacial score (nSPS) is 11.8. The van der Waals surface area contributed by atoms with E-state index >= 15 is 0 Å². The Balaban J connectivity index is 3.32. The van der Waals surface area contributed by atoms with Crippen LogP contribution in [-0.2, 0) is 10.0 Å². The van der Waals surface area contributed by atoms with Crippen molar-refractivity contribution >= 4 is 15.7 Å². The van der Waals surface area contributed by atoms with E-state index < -0.39 is 15.8 Å². The third-order valence-corrected chi connectivity index (χ3v) is 4.50. The van der Waals surface area contributed by atoms with Crippen molar-refractivity contribution in [3.8, 4) is 0 Å². The molecular formula is C12H17FN2O2S. The number of hydrogen-bond acceptors (Lipinski definition) is 3. The molecule has 1 aromatic carbocycles. The predicted octanol–water partition coefficient (Wildman–Crippen LogP) is 1.91. The van der Waals surface area contributed by atoms with Gasteiger partial charge >= 0.3 is 0 Å². The molecule has 0 fully saturated rings. The molecule has 100 valence electrons. The van der Waals surface area contributed by atoms with Gasteiger partial charge in [0.15, 0.2) is 0 Å². The van der Waals surface area contributed by atoms with Crippen molar-refractivity contribution in [1.29, 1.82) is 0 Å². The second kappa shape index (κ2) is 5.49. The average Bonchev–Trinajstić information content (AvgIpc) is 2.31. The summed E-state index contributed by atoms with van der Waals surface area (Å²) in [5.41, 5.74) is 5.50. The summed E-state index contributed by atoms with van der Waals surface area (Å²) in [6.45, 7) is 7.23. The highest BCUT2D eigenvalue weighted by Crippen LogP contribution is 2.23. The summed E-state index contributed by atoms with van der Waals surface area (Å²) < 4.78 is 39.2. The van der Waals surface area contributed by atoms with Gasteiger partial charge in [-0.05, 0) is 24.6 Å². The lowest BCUT2D eigenvalue weighted by Gasteiger charge is -2.19. The van der Waals surface area contributed by atoms with Crippen LogP contribution < -0.4 is 5.73 Å². The van der Waals surface area contributed by atoms with E-state index in [0.717, 1.165) is 6.07 Å². The van der Waals surface area contributed by atoms with Crippen molar-refractivity contribution in [2.45, 2.75) is 18.7 Å². The minimum atomic E-state index is -3.66. The molecule has 18 heavy (non-hydrogen) atoms. The van der Waals surface area contributed by atoms with Gasteiger partial charge in [-0.2, -0.15) is 4.31 Å². The Morgan fingerprint density at radius 1 is 1.50 bits per heavy atom. The second-order valence-electron chi connectivity index (χ2n) is 3.89. The van der Waals surface area contributed by atoms with Gasteiger partial charge in [-0.3, -0.25) is 0 Å². The molecule has 0 unspecified atom stereocenters. The van der Waals surface area contributed by atoms with Crippen LogP contribution >= 0.6 is 0 Å². The molecule has 1 rings (SSSR count). The number of sulfonamides is 1. The highest BCUT2D eigenvalue weighted by Gasteiger charge is 2.23. The number of rotatable bonds is 5. The summed E-state index contributed by atoms with van der Waals surface area (Å²) >= 11 is 0. The van der Waals surface area contributed by atoms with Crippen molar-refractivity contribution in [2.75, 3.05) is 18.8 Å². The van der Waals surface area contributed by atoms with Crippen molar-refractivity contribution in [3.05, 3.63) is 36.2 Å². The first-order valence-corrected chi connectivity index (χ1v) is 6.95. The molecule has 0 atom stereocenters. The molecule has 0 aliphatic heterocycles. The first kappa shape index (κ1) is 14.7. The highest BCUT2D eigenvalue weighted by molar-refractivity contribution is 7.89. The largest absolute Gasteiger partial charge is 0.396 e. The van der Waals surface area contributed by atoms with Crippen LogP contribution in [0.2, 0.25) is 0 Å². The lowest BCUT2D eigenvalue weighted by molar-refractivity contribution is 0.459. The summed E-state index contributed by atoms with van der Waals surface area (Å²) in [4.78, 5) is 0.00241. The van der Waals surface area contributed by atoms with E-state index in [0.29, 0.717) is 6.54 Å². The van der Waals surface area contributed by atoms with Gasteiger partial charge < -0.3 is 5.73 Å². The fourth-order valence-corrected chi connectivity index (χ4v) is 3.14. The molecule has 0 aliphatic carbocycles. The highest BCUT2D eigenvalue weighted by atomic mass is 32.2. The molecule has 0 bridgehead atoms. The maximum Gasteiger partial charge on any atom is 0.243 e. The van der Waals surface area contributed by atoms with Crippen LogP contribution in [0.4, 0.5) is 10.1 Å². The maximum atomic E-state index is 13.4. The molecule has 0 heterocycles. The fourth-order valence-electron chi connectivity index (χ4n) is 1.60. The fraction of sp³-hybridized carbons (Fsp3) is 0.333. The van der Waals surface area contributed by atoms with Gasteiger partial charge in [0.1, 0.15) is 5.82 Å². The van der Waals surface area contributed by atoms with Gasteiger partial charge in [0, 0.05) is 13.1 Å². The topological polar surface area (TPSA) is 63.4 Å². The summed E-state index contributed by atoms with van der Waals surface area (Å²) in [5.74, 6) is -0.583. The zero-order valence-electron chi connectivity index (χ0n) is 10.5. The van der Waals surface area contributed by atoms with Gasteiger partial charge in [0.2, 0.25) is 10.0 Å².